The molecule has 0 aromatic carbocycles. The van der Waals surface area contributed by atoms with E-state index >= 15 is 0 Å². The van der Waals surface area contributed by atoms with E-state index < -0.39 is 0 Å². The number of aryl methyl sites for hydroxylation is 1. The second kappa shape index (κ2) is 3.19. The predicted octanol–water partition coefficient (Wildman–Crippen LogP) is 1.02. The molecule has 2 rings (SSSR count). The molecule has 0 saturated carbocycles. The lowest BCUT2D eigenvalue weighted by molar-refractivity contribution is 0.101. The van der Waals surface area contributed by atoms with E-state index in [4.69, 9.17) is 10.00 Å². The van der Waals surface area contributed by atoms with Crippen LogP contribution in [-0.2, 0) is 11.8 Å². The van der Waals surface area contributed by atoms with Crippen LogP contribution >= 0.6 is 0 Å². The molecule has 0 spiro atoms. The van der Waals surface area contributed by atoms with Gasteiger partial charge in [0, 0.05) is 25.4 Å². The van der Waals surface area contributed by atoms with Gasteiger partial charge in [0.15, 0.2) is 0 Å². The van der Waals surface area contributed by atoms with E-state index in [-0.39, 0.29) is 12.0 Å². The minimum atomic E-state index is -0.0706. The Labute approximate surface area is 76.7 Å². The van der Waals surface area contributed by atoms with Gasteiger partial charge < -0.3 is 4.74 Å². The monoisotopic (exact) mass is 177 g/mol. The maximum atomic E-state index is 8.85. The first-order valence-corrected chi connectivity index (χ1v) is 4.31. The van der Waals surface area contributed by atoms with E-state index in [2.05, 4.69) is 11.2 Å². The number of hydrogen-bond donors (Lipinski definition) is 0. The molecule has 2 heterocycles. The lowest BCUT2D eigenvalue weighted by Crippen LogP contribution is -2.04. The topological polar surface area (TPSA) is 50.8 Å². The second-order valence-electron chi connectivity index (χ2n) is 3.26. The molecule has 2 atom stereocenters. The minimum Gasteiger partial charge on any atom is -0.372 e. The van der Waals surface area contributed by atoms with Crippen LogP contribution in [0.2, 0.25) is 0 Å². The van der Waals surface area contributed by atoms with Gasteiger partial charge in [0.25, 0.3) is 0 Å². The van der Waals surface area contributed by atoms with E-state index in [9.17, 15) is 0 Å². The molecule has 4 nitrogen and oxygen atoms in total. The Hall–Kier alpha value is -1.34. The summed E-state index contributed by atoms with van der Waals surface area (Å²) >= 11 is 0. The maximum Gasteiger partial charge on any atom is 0.101 e. The van der Waals surface area contributed by atoms with Crippen LogP contribution in [0.1, 0.15) is 18.1 Å². The summed E-state index contributed by atoms with van der Waals surface area (Å²) in [6, 6.07) is 2.26. The molecule has 1 aliphatic heterocycles. The average molecular weight is 177 g/mol. The van der Waals surface area contributed by atoms with E-state index in [1.54, 1.807) is 10.9 Å². The number of aromatic nitrogens is 2. The Kier molecular flexibility index (Phi) is 2.03. The third kappa shape index (κ3) is 1.43. The van der Waals surface area contributed by atoms with Gasteiger partial charge >= 0.3 is 0 Å². The van der Waals surface area contributed by atoms with Crippen molar-refractivity contribution < 1.29 is 4.74 Å². The third-order valence-electron chi connectivity index (χ3n) is 2.31. The fraction of sp³-hybridized carbons (Fsp3) is 0.556. The largest absolute Gasteiger partial charge is 0.372 e. The first kappa shape index (κ1) is 8.27. The summed E-state index contributed by atoms with van der Waals surface area (Å²) in [6.07, 6.45) is 4.43. The summed E-state index contributed by atoms with van der Waals surface area (Å²) in [6.45, 7) is 0.678. The summed E-state index contributed by atoms with van der Waals surface area (Å²) in [5.74, 6) is -0.0100. The summed E-state index contributed by atoms with van der Waals surface area (Å²) in [7, 11) is 1.86. The zero-order valence-electron chi connectivity index (χ0n) is 7.47. The lowest BCUT2D eigenvalue weighted by atomic mass is 9.99. The van der Waals surface area contributed by atoms with Gasteiger partial charge in [-0.1, -0.05) is 0 Å². The standard InChI is InChI=1S/C9H11N3O/c1-12-6-8(5-11-12)9-7(4-10)2-3-13-9/h5-7,9H,2-3H2,1H3. The highest BCUT2D eigenvalue weighted by atomic mass is 16.5. The van der Waals surface area contributed by atoms with Crippen LogP contribution in [-0.4, -0.2) is 16.4 Å². The molecule has 1 fully saturated rings. The minimum absolute atomic E-state index is 0.0100. The molecule has 0 aliphatic carbocycles. The molecular formula is C9H11N3O. The molecule has 13 heavy (non-hydrogen) atoms. The van der Waals surface area contributed by atoms with Gasteiger partial charge in [-0.2, -0.15) is 10.4 Å². The van der Waals surface area contributed by atoms with Crippen molar-refractivity contribution >= 4 is 0 Å². The molecule has 0 radical (unpaired) electrons. The van der Waals surface area contributed by atoms with Gasteiger partial charge in [0.2, 0.25) is 0 Å². The SMILES string of the molecule is Cn1cc(C2OCCC2C#N)cn1. The summed E-state index contributed by atoms with van der Waals surface area (Å²) < 4.78 is 7.21. The lowest BCUT2D eigenvalue weighted by Gasteiger charge is -2.09. The van der Waals surface area contributed by atoms with Gasteiger partial charge in [0.05, 0.1) is 18.2 Å². The Balaban J connectivity index is 2.21. The highest BCUT2D eigenvalue weighted by molar-refractivity contribution is 5.14. The van der Waals surface area contributed by atoms with Crippen molar-refractivity contribution in [1.29, 1.82) is 5.26 Å². The fourth-order valence-electron chi connectivity index (χ4n) is 1.64. The quantitative estimate of drug-likeness (QED) is 0.643. The van der Waals surface area contributed by atoms with Crippen LogP contribution in [0.25, 0.3) is 0 Å². The van der Waals surface area contributed by atoms with Crippen LogP contribution in [0.5, 0.6) is 0 Å². The van der Waals surface area contributed by atoms with Gasteiger partial charge in [-0.25, -0.2) is 0 Å². The molecule has 4 heteroatoms. The van der Waals surface area contributed by atoms with Gasteiger partial charge in [0.1, 0.15) is 6.10 Å². The molecule has 68 valence electrons. The molecule has 0 N–H and O–H groups in total. The fourth-order valence-corrected chi connectivity index (χ4v) is 1.64. The number of hydrogen-bond acceptors (Lipinski definition) is 3. The molecule has 0 bridgehead atoms. The number of rotatable bonds is 1. The van der Waals surface area contributed by atoms with Crippen LogP contribution in [0.4, 0.5) is 0 Å². The van der Waals surface area contributed by atoms with Gasteiger partial charge in [-0.15, -0.1) is 0 Å². The van der Waals surface area contributed by atoms with Crippen LogP contribution in [0.15, 0.2) is 12.4 Å². The number of ether oxygens (including phenoxy) is 1. The van der Waals surface area contributed by atoms with Crippen molar-refractivity contribution in [3.05, 3.63) is 18.0 Å². The Morgan fingerprint density at radius 1 is 1.77 bits per heavy atom. The molecule has 1 aromatic rings. The zero-order chi connectivity index (χ0) is 9.26. The van der Waals surface area contributed by atoms with Crippen molar-refractivity contribution in [2.24, 2.45) is 13.0 Å². The first-order chi connectivity index (χ1) is 6.31. The van der Waals surface area contributed by atoms with Gasteiger partial charge in [-0.05, 0) is 6.42 Å². The zero-order valence-corrected chi connectivity index (χ0v) is 7.47. The average Bonchev–Trinajstić information content (AvgIpc) is 2.71. The molecule has 1 aliphatic rings. The molecule has 0 amide bonds. The first-order valence-electron chi connectivity index (χ1n) is 4.31. The van der Waals surface area contributed by atoms with E-state index in [1.807, 2.05) is 13.2 Å². The van der Waals surface area contributed by atoms with Gasteiger partial charge in [-0.3, -0.25) is 4.68 Å². The smallest absolute Gasteiger partial charge is 0.101 e. The predicted molar refractivity (Wildman–Crippen MR) is 45.6 cm³/mol. The van der Waals surface area contributed by atoms with E-state index in [0.29, 0.717) is 6.61 Å². The Morgan fingerprint density at radius 3 is 3.23 bits per heavy atom. The van der Waals surface area contributed by atoms with E-state index in [0.717, 1.165) is 12.0 Å². The summed E-state index contributed by atoms with van der Waals surface area (Å²) in [5.41, 5.74) is 1.01. The molecule has 1 saturated heterocycles. The van der Waals surface area contributed by atoms with Crippen LogP contribution < -0.4 is 0 Å². The molecule has 2 unspecified atom stereocenters. The third-order valence-corrected chi connectivity index (χ3v) is 2.31. The normalized spacial score (nSPS) is 27.4. The number of nitriles is 1. The molecule has 1 aromatic heterocycles. The highest BCUT2D eigenvalue weighted by Gasteiger charge is 2.30. The van der Waals surface area contributed by atoms with Crippen LogP contribution in [0.3, 0.4) is 0 Å². The van der Waals surface area contributed by atoms with Crippen LogP contribution in [0, 0.1) is 17.2 Å². The molecular weight excluding hydrogens is 166 g/mol. The van der Waals surface area contributed by atoms with Crippen molar-refractivity contribution in [3.8, 4) is 6.07 Å². The summed E-state index contributed by atoms with van der Waals surface area (Å²) in [5, 5.41) is 12.9. The van der Waals surface area contributed by atoms with Crippen molar-refractivity contribution in [2.75, 3.05) is 6.61 Å². The maximum absolute atomic E-state index is 8.85. The Bertz CT molecular complexity index is 339. The van der Waals surface area contributed by atoms with Crippen molar-refractivity contribution in [1.82, 2.24) is 9.78 Å². The second-order valence-corrected chi connectivity index (χ2v) is 3.26. The van der Waals surface area contributed by atoms with E-state index in [1.165, 1.54) is 0 Å². The highest BCUT2D eigenvalue weighted by Crippen LogP contribution is 2.33. The number of nitrogens with zero attached hydrogens (tertiary/aromatic N) is 3. The summed E-state index contributed by atoms with van der Waals surface area (Å²) in [4.78, 5) is 0. The van der Waals surface area contributed by atoms with Crippen molar-refractivity contribution in [2.45, 2.75) is 12.5 Å². The Morgan fingerprint density at radius 2 is 2.62 bits per heavy atom. The van der Waals surface area contributed by atoms with Crippen molar-refractivity contribution in [3.63, 3.8) is 0 Å².